The first-order valence-electron chi connectivity index (χ1n) is 6.84. The predicted octanol–water partition coefficient (Wildman–Crippen LogP) is 3.43. The number of nitrogens with one attached hydrogen (secondary N) is 1. The number of nitrogens with zero attached hydrogens (tertiary/aromatic N) is 3. The molecule has 0 radical (unpaired) electrons. The van der Waals surface area contributed by atoms with Gasteiger partial charge in [-0.25, -0.2) is 0 Å². The molecule has 0 aliphatic heterocycles. The predicted molar refractivity (Wildman–Crippen MR) is 81.4 cm³/mol. The molecule has 0 aromatic heterocycles. The van der Waals surface area contributed by atoms with E-state index in [-0.39, 0.29) is 30.2 Å². The fraction of sp³-hybridized carbons (Fsp3) is 0.769. The van der Waals surface area contributed by atoms with E-state index in [1.165, 1.54) is 6.92 Å². The summed E-state index contributed by atoms with van der Waals surface area (Å²) in [5.74, 6) is -0.155. The number of carbonyl (C=O) groups excluding carboxylic acids is 1. The molecule has 20 heavy (non-hydrogen) atoms. The SMILES string of the molecule is CCC(CC)O[C@@H]1C=C(Br)C[C@H](N=[N+]=[N-])C1NC(C)=O. The molecule has 1 N–H and O–H groups in total. The first-order valence-corrected chi connectivity index (χ1v) is 7.64. The Balaban J connectivity index is 2.97. The van der Waals surface area contributed by atoms with Crippen molar-refractivity contribution in [3.63, 3.8) is 0 Å². The lowest BCUT2D eigenvalue weighted by Gasteiger charge is -2.35. The molecular formula is C13H21BrN4O2. The number of amides is 1. The zero-order valence-electron chi connectivity index (χ0n) is 12.0. The Hall–Kier alpha value is -1.04. The van der Waals surface area contributed by atoms with Crippen LogP contribution < -0.4 is 5.32 Å². The van der Waals surface area contributed by atoms with Gasteiger partial charge in [-0.05, 0) is 35.4 Å². The van der Waals surface area contributed by atoms with E-state index in [1.54, 1.807) is 0 Å². The van der Waals surface area contributed by atoms with E-state index >= 15 is 0 Å². The third kappa shape index (κ3) is 4.81. The van der Waals surface area contributed by atoms with Gasteiger partial charge in [0.1, 0.15) is 0 Å². The van der Waals surface area contributed by atoms with E-state index in [0.717, 1.165) is 17.3 Å². The minimum Gasteiger partial charge on any atom is -0.369 e. The number of hydrogen-bond acceptors (Lipinski definition) is 3. The number of halogens is 1. The van der Waals surface area contributed by atoms with Crippen LogP contribution in [-0.2, 0) is 9.53 Å². The molecule has 1 rings (SSSR count). The normalized spacial score (nSPS) is 25.9. The van der Waals surface area contributed by atoms with Gasteiger partial charge in [-0.15, -0.1) is 0 Å². The molecule has 112 valence electrons. The summed E-state index contributed by atoms with van der Waals surface area (Å²) in [5.41, 5.74) is 8.69. The van der Waals surface area contributed by atoms with Crippen molar-refractivity contribution in [1.29, 1.82) is 0 Å². The molecule has 1 unspecified atom stereocenters. The third-order valence-corrected chi connectivity index (χ3v) is 3.94. The van der Waals surface area contributed by atoms with Crippen molar-refractivity contribution in [2.45, 2.75) is 64.3 Å². The Labute approximate surface area is 127 Å². The van der Waals surface area contributed by atoms with E-state index in [9.17, 15) is 4.79 Å². The molecule has 1 amide bonds. The fourth-order valence-electron chi connectivity index (χ4n) is 2.31. The van der Waals surface area contributed by atoms with Gasteiger partial charge in [-0.2, -0.15) is 0 Å². The summed E-state index contributed by atoms with van der Waals surface area (Å²) in [7, 11) is 0. The molecule has 7 heteroatoms. The third-order valence-electron chi connectivity index (χ3n) is 3.35. The van der Waals surface area contributed by atoms with Gasteiger partial charge in [0.2, 0.25) is 5.91 Å². The summed E-state index contributed by atoms with van der Waals surface area (Å²) >= 11 is 3.45. The molecule has 0 fully saturated rings. The van der Waals surface area contributed by atoms with Gasteiger partial charge in [-0.1, -0.05) is 34.9 Å². The second-order valence-electron chi connectivity index (χ2n) is 4.86. The summed E-state index contributed by atoms with van der Waals surface area (Å²) < 4.78 is 6.98. The molecule has 0 heterocycles. The second-order valence-corrected chi connectivity index (χ2v) is 5.87. The van der Waals surface area contributed by atoms with E-state index in [1.807, 2.05) is 6.08 Å². The van der Waals surface area contributed by atoms with E-state index in [2.05, 4.69) is 45.1 Å². The molecule has 0 aromatic rings. The molecule has 0 aromatic carbocycles. The largest absolute Gasteiger partial charge is 0.369 e. The first kappa shape index (κ1) is 17.0. The van der Waals surface area contributed by atoms with Gasteiger partial charge >= 0.3 is 0 Å². The summed E-state index contributed by atoms with van der Waals surface area (Å²) in [5, 5.41) is 6.64. The van der Waals surface area contributed by atoms with Crippen LogP contribution in [0.1, 0.15) is 40.0 Å². The van der Waals surface area contributed by atoms with Crippen LogP contribution in [0.25, 0.3) is 10.4 Å². The standard InChI is InChI=1S/C13H21BrN4O2/c1-4-10(5-2)20-12-7-9(14)6-11(17-18-15)13(12)16-8(3)19/h7,10-13H,4-6H2,1-3H3,(H,16,19)/t11-,12+,13?/m0/s1. The average molecular weight is 345 g/mol. The quantitative estimate of drug-likeness (QED) is 0.454. The Kier molecular flexibility index (Phi) is 7.05. The Morgan fingerprint density at radius 2 is 2.30 bits per heavy atom. The molecule has 1 aliphatic rings. The molecule has 0 saturated heterocycles. The summed E-state index contributed by atoms with van der Waals surface area (Å²) in [6.07, 6.45) is 4.15. The van der Waals surface area contributed by atoms with Crippen molar-refractivity contribution in [3.8, 4) is 0 Å². The Bertz CT molecular complexity index is 417. The van der Waals surface area contributed by atoms with Crippen LogP contribution in [0.2, 0.25) is 0 Å². The second kappa shape index (κ2) is 8.29. The van der Waals surface area contributed by atoms with Gasteiger partial charge in [0.15, 0.2) is 0 Å². The van der Waals surface area contributed by atoms with Crippen LogP contribution in [0.3, 0.4) is 0 Å². The maximum absolute atomic E-state index is 11.4. The van der Waals surface area contributed by atoms with Crippen molar-refractivity contribution in [2.24, 2.45) is 5.11 Å². The van der Waals surface area contributed by atoms with Gasteiger partial charge < -0.3 is 10.1 Å². The topological polar surface area (TPSA) is 87.1 Å². The van der Waals surface area contributed by atoms with Crippen molar-refractivity contribution < 1.29 is 9.53 Å². The highest BCUT2D eigenvalue weighted by atomic mass is 79.9. The monoisotopic (exact) mass is 344 g/mol. The van der Waals surface area contributed by atoms with Crippen molar-refractivity contribution in [1.82, 2.24) is 5.32 Å². The van der Waals surface area contributed by atoms with Crippen molar-refractivity contribution in [2.75, 3.05) is 0 Å². The summed E-state index contributed by atoms with van der Waals surface area (Å²) in [6, 6.07) is -0.673. The molecule has 6 nitrogen and oxygen atoms in total. The maximum Gasteiger partial charge on any atom is 0.217 e. The lowest BCUT2D eigenvalue weighted by Crippen LogP contribution is -2.52. The molecule has 0 bridgehead atoms. The Morgan fingerprint density at radius 1 is 1.65 bits per heavy atom. The highest BCUT2D eigenvalue weighted by molar-refractivity contribution is 9.11. The number of rotatable bonds is 6. The molecule has 0 saturated carbocycles. The molecule has 1 aliphatic carbocycles. The molecular weight excluding hydrogens is 324 g/mol. The van der Waals surface area contributed by atoms with Gasteiger partial charge in [0, 0.05) is 11.8 Å². The van der Waals surface area contributed by atoms with Crippen LogP contribution in [0.15, 0.2) is 15.7 Å². The lowest BCUT2D eigenvalue weighted by molar-refractivity contribution is -0.121. The number of hydrogen-bond donors (Lipinski definition) is 1. The highest BCUT2D eigenvalue weighted by Crippen LogP contribution is 2.29. The maximum atomic E-state index is 11.4. The van der Waals surface area contributed by atoms with Gasteiger partial charge in [-0.3, -0.25) is 4.79 Å². The van der Waals surface area contributed by atoms with E-state index < -0.39 is 0 Å². The highest BCUT2D eigenvalue weighted by Gasteiger charge is 2.34. The van der Waals surface area contributed by atoms with Gasteiger partial charge in [0.05, 0.1) is 24.3 Å². The van der Waals surface area contributed by atoms with Crippen molar-refractivity contribution >= 4 is 21.8 Å². The number of carbonyl (C=O) groups is 1. The molecule has 0 spiro atoms. The smallest absolute Gasteiger partial charge is 0.217 e. The van der Waals surface area contributed by atoms with Crippen LogP contribution in [0.4, 0.5) is 0 Å². The zero-order valence-corrected chi connectivity index (χ0v) is 13.6. The summed E-state index contributed by atoms with van der Waals surface area (Å²) in [6.45, 7) is 5.58. The van der Waals surface area contributed by atoms with Crippen LogP contribution >= 0.6 is 15.9 Å². The van der Waals surface area contributed by atoms with Crippen LogP contribution in [0, 0.1) is 0 Å². The van der Waals surface area contributed by atoms with Crippen LogP contribution in [0.5, 0.6) is 0 Å². The minimum absolute atomic E-state index is 0.123. The minimum atomic E-state index is -0.345. The fourth-order valence-corrected chi connectivity index (χ4v) is 2.91. The number of azide groups is 1. The first-order chi connectivity index (χ1) is 9.51. The van der Waals surface area contributed by atoms with Gasteiger partial charge in [0.25, 0.3) is 0 Å². The van der Waals surface area contributed by atoms with E-state index in [4.69, 9.17) is 10.3 Å². The average Bonchev–Trinajstić information content (AvgIpc) is 2.39. The number of ether oxygens (including phenoxy) is 1. The zero-order chi connectivity index (χ0) is 15.1. The molecule has 3 atom stereocenters. The summed E-state index contributed by atoms with van der Waals surface area (Å²) in [4.78, 5) is 14.3. The van der Waals surface area contributed by atoms with Crippen LogP contribution in [-0.4, -0.2) is 30.2 Å². The van der Waals surface area contributed by atoms with Crippen molar-refractivity contribution in [3.05, 3.63) is 21.0 Å². The van der Waals surface area contributed by atoms with E-state index in [0.29, 0.717) is 6.42 Å². The lowest BCUT2D eigenvalue weighted by atomic mass is 9.93. The Morgan fingerprint density at radius 3 is 2.80 bits per heavy atom.